The summed E-state index contributed by atoms with van der Waals surface area (Å²) in [7, 11) is 3.16. The van der Waals surface area contributed by atoms with E-state index in [-0.39, 0.29) is 6.61 Å². The highest BCUT2D eigenvalue weighted by Gasteiger charge is 2.60. The Bertz CT molecular complexity index is 1040. The number of esters is 1. The van der Waals surface area contributed by atoms with E-state index in [0.29, 0.717) is 28.0 Å². The first-order valence-electron chi connectivity index (χ1n) is 9.83. The van der Waals surface area contributed by atoms with Gasteiger partial charge in [-0.15, -0.1) is 0 Å². The third kappa shape index (κ3) is 3.27. The second-order valence-electron chi connectivity index (χ2n) is 7.37. The molecule has 4 rings (SSSR count). The van der Waals surface area contributed by atoms with Crippen LogP contribution in [0.4, 0.5) is 5.69 Å². The van der Waals surface area contributed by atoms with Crippen molar-refractivity contribution >= 4 is 29.0 Å². The van der Waals surface area contributed by atoms with E-state index in [0.717, 1.165) is 5.56 Å². The standard InChI is InChI=1S/C23H24N2O5S/c1-5-13-29-21(26)18-19-14-9-8-12-17(28-4)20(14)30-23(18,2)25(22(31)24-19)15-10-6-7-11-16(15)27-3/h5-12,18-19H,1,13H2,2-4H3,(H,24,31)/t18-,19+,23-/m0/s1. The van der Waals surface area contributed by atoms with E-state index in [1.165, 1.54) is 6.08 Å². The highest BCUT2D eigenvalue weighted by atomic mass is 32.1. The lowest BCUT2D eigenvalue weighted by molar-refractivity contribution is -0.159. The molecule has 1 fully saturated rings. The molecular weight excluding hydrogens is 416 g/mol. The maximum atomic E-state index is 13.3. The predicted octanol–water partition coefficient (Wildman–Crippen LogP) is 3.59. The Balaban J connectivity index is 1.92. The Morgan fingerprint density at radius 3 is 2.65 bits per heavy atom. The summed E-state index contributed by atoms with van der Waals surface area (Å²) < 4.78 is 23.1. The fourth-order valence-electron chi connectivity index (χ4n) is 4.30. The third-order valence-electron chi connectivity index (χ3n) is 5.63. The van der Waals surface area contributed by atoms with Crippen molar-refractivity contribution in [1.82, 2.24) is 5.32 Å². The summed E-state index contributed by atoms with van der Waals surface area (Å²) in [6, 6.07) is 12.5. The minimum atomic E-state index is -1.21. The molecule has 2 aromatic carbocycles. The topological polar surface area (TPSA) is 69.3 Å². The Hall–Kier alpha value is -3.26. The van der Waals surface area contributed by atoms with Crippen LogP contribution in [0.1, 0.15) is 18.5 Å². The lowest BCUT2D eigenvalue weighted by atomic mass is 9.79. The van der Waals surface area contributed by atoms with Gasteiger partial charge in [-0.2, -0.15) is 0 Å². The van der Waals surface area contributed by atoms with Crippen LogP contribution in [0.2, 0.25) is 0 Å². The van der Waals surface area contributed by atoms with Gasteiger partial charge in [-0.05, 0) is 37.3 Å². The molecule has 1 saturated heterocycles. The zero-order chi connectivity index (χ0) is 22.2. The van der Waals surface area contributed by atoms with Gasteiger partial charge in [0.1, 0.15) is 18.3 Å². The van der Waals surface area contributed by atoms with E-state index in [1.807, 2.05) is 49.4 Å². The van der Waals surface area contributed by atoms with Crippen LogP contribution in [0.3, 0.4) is 0 Å². The van der Waals surface area contributed by atoms with Gasteiger partial charge >= 0.3 is 5.97 Å². The smallest absolute Gasteiger partial charge is 0.317 e. The first-order chi connectivity index (χ1) is 15.0. The van der Waals surface area contributed by atoms with Crippen LogP contribution >= 0.6 is 12.2 Å². The first kappa shape index (κ1) is 21.0. The summed E-state index contributed by atoms with van der Waals surface area (Å²) in [6.45, 7) is 5.56. The number of fused-ring (bicyclic) bond motifs is 4. The number of carbonyl (C=O) groups is 1. The number of rotatable bonds is 6. The number of para-hydroxylation sites is 3. The number of thiocarbonyl (C=S) groups is 1. The van der Waals surface area contributed by atoms with Gasteiger partial charge in [-0.3, -0.25) is 9.69 Å². The molecule has 2 aliphatic heterocycles. The molecule has 1 N–H and O–H groups in total. The van der Waals surface area contributed by atoms with Crippen molar-refractivity contribution in [3.8, 4) is 17.2 Å². The maximum absolute atomic E-state index is 13.3. The van der Waals surface area contributed by atoms with Crippen molar-refractivity contribution in [1.29, 1.82) is 0 Å². The molecule has 31 heavy (non-hydrogen) atoms. The summed E-state index contributed by atoms with van der Waals surface area (Å²) in [5.74, 6) is 0.569. The molecule has 2 bridgehead atoms. The average molecular weight is 441 g/mol. The molecule has 0 amide bonds. The van der Waals surface area contributed by atoms with Gasteiger partial charge < -0.3 is 24.3 Å². The monoisotopic (exact) mass is 440 g/mol. The quantitative estimate of drug-likeness (QED) is 0.415. The van der Waals surface area contributed by atoms with E-state index >= 15 is 0 Å². The number of nitrogens with one attached hydrogen (secondary N) is 1. The molecule has 8 heteroatoms. The van der Waals surface area contributed by atoms with Crippen LogP contribution in [0.15, 0.2) is 55.1 Å². The molecule has 2 aromatic rings. The van der Waals surface area contributed by atoms with Crippen LogP contribution in [-0.2, 0) is 9.53 Å². The van der Waals surface area contributed by atoms with E-state index in [1.54, 1.807) is 19.1 Å². The molecule has 0 radical (unpaired) electrons. The van der Waals surface area contributed by atoms with Gasteiger partial charge in [0, 0.05) is 5.56 Å². The summed E-state index contributed by atoms with van der Waals surface area (Å²) in [4.78, 5) is 15.0. The van der Waals surface area contributed by atoms with E-state index in [4.69, 9.17) is 31.2 Å². The SMILES string of the molecule is C=CCOC(=O)[C@@H]1[C@@H]2NC(=S)N(c3ccccc3OC)[C@@]1(C)Oc1c(OC)cccc12. The molecule has 7 nitrogen and oxygen atoms in total. The van der Waals surface area contributed by atoms with Crippen LogP contribution < -0.4 is 24.4 Å². The van der Waals surface area contributed by atoms with Crippen molar-refractivity contribution in [3.05, 3.63) is 60.7 Å². The van der Waals surface area contributed by atoms with Gasteiger partial charge in [0.15, 0.2) is 16.6 Å². The zero-order valence-electron chi connectivity index (χ0n) is 17.6. The number of ether oxygens (including phenoxy) is 4. The Morgan fingerprint density at radius 2 is 1.94 bits per heavy atom. The van der Waals surface area contributed by atoms with Crippen molar-refractivity contribution < 1.29 is 23.7 Å². The van der Waals surface area contributed by atoms with Crippen LogP contribution in [0.25, 0.3) is 0 Å². The van der Waals surface area contributed by atoms with Crippen molar-refractivity contribution in [2.75, 3.05) is 25.7 Å². The fraction of sp³-hybridized carbons (Fsp3) is 0.304. The summed E-state index contributed by atoms with van der Waals surface area (Å²) in [5.41, 5.74) is 0.240. The first-order valence-corrected chi connectivity index (χ1v) is 10.2. The molecule has 0 aliphatic carbocycles. The number of methoxy groups -OCH3 is 2. The summed E-state index contributed by atoms with van der Waals surface area (Å²) >= 11 is 5.74. The zero-order valence-corrected chi connectivity index (χ0v) is 18.4. The molecule has 2 heterocycles. The molecule has 2 aliphatic rings. The van der Waals surface area contributed by atoms with Gasteiger partial charge in [-0.1, -0.05) is 36.9 Å². The largest absolute Gasteiger partial charge is 0.495 e. The normalized spacial score (nSPS) is 23.7. The molecule has 0 saturated carbocycles. The second kappa shape index (κ2) is 8.11. The molecule has 3 atom stereocenters. The van der Waals surface area contributed by atoms with Crippen molar-refractivity contribution in [2.45, 2.75) is 18.7 Å². The fourth-order valence-corrected chi connectivity index (χ4v) is 4.71. The van der Waals surface area contributed by atoms with Gasteiger partial charge in [0.25, 0.3) is 0 Å². The minimum absolute atomic E-state index is 0.0994. The van der Waals surface area contributed by atoms with Gasteiger partial charge in [-0.25, -0.2) is 0 Å². The highest BCUT2D eigenvalue weighted by molar-refractivity contribution is 7.80. The van der Waals surface area contributed by atoms with Crippen LogP contribution in [-0.4, -0.2) is 37.6 Å². The molecule has 0 spiro atoms. The average Bonchev–Trinajstić information content (AvgIpc) is 2.76. The lowest BCUT2D eigenvalue weighted by Crippen LogP contribution is -2.71. The van der Waals surface area contributed by atoms with E-state index < -0.39 is 23.7 Å². The minimum Gasteiger partial charge on any atom is -0.495 e. The Kier molecular flexibility index (Phi) is 5.49. The summed E-state index contributed by atoms with van der Waals surface area (Å²) in [6.07, 6.45) is 1.53. The number of anilines is 1. The van der Waals surface area contributed by atoms with E-state index in [9.17, 15) is 4.79 Å². The number of hydrogen-bond acceptors (Lipinski definition) is 6. The van der Waals surface area contributed by atoms with E-state index in [2.05, 4.69) is 11.9 Å². The molecule has 0 aromatic heterocycles. The number of nitrogens with zero attached hydrogens (tertiary/aromatic N) is 1. The number of benzene rings is 2. The Morgan fingerprint density at radius 1 is 1.23 bits per heavy atom. The Labute approximate surface area is 186 Å². The van der Waals surface area contributed by atoms with Crippen molar-refractivity contribution in [3.63, 3.8) is 0 Å². The van der Waals surface area contributed by atoms with Crippen molar-refractivity contribution in [2.24, 2.45) is 5.92 Å². The predicted molar refractivity (Wildman–Crippen MR) is 121 cm³/mol. The molecule has 162 valence electrons. The number of hydrogen-bond donors (Lipinski definition) is 1. The van der Waals surface area contributed by atoms with Crippen LogP contribution in [0.5, 0.6) is 17.2 Å². The third-order valence-corrected chi connectivity index (χ3v) is 5.93. The second-order valence-corrected chi connectivity index (χ2v) is 7.75. The summed E-state index contributed by atoms with van der Waals surface area (Å²) in [5, 5.41) is 3.74. The van der Waals surface area contributed by atoms with Gasteiger partial charge in [0.2, 0.25) is 5.72 Å². The van der Waals surface area contributed by atoms with Crippen LogP contribution in [0, 0.1) is 5.92 Å². The highest BCUT2D eigenvalue weighted by Crippen LogP contribution is 2.53. The van der Waals surface area contributed by atoms with Gasteiger partial charge in [0.05, 0.1) is 25.9 Å². The lowest BCUT2D eigenvalue weighted by Gasteiger charge is -2.55. The molecular formula is C23H24N2O5S. The number of carbonyl (C=O) groups excluding carboxylic acids is 1. The molecule has 0 unspecified atom stereocenters. The maximum Gasteiger partial charge on any atom is 0.317 e.